The van der Waals surface area contributed by atoms with E-state index in [-0.39, 0.29) is 24.2 Å². The minimum absolute atomic E-state index is 0.0505. The van der Waals surface area contributed by atoms with Crippen LogP contribution < -0.4 is 4.74 Å². The molecule has 0 spiro atoms. The number of hydrogen-bond acceptors (Lipinski definition) is 6. The van der Waals surface area contributed by atoms with Gasteiger partial charge in [0.15, 0.2) is 22.5 Å². The van der Waals surface area contributed by atoms with E-state index >= 15 is 0 Å². The average Bonchev–Trinajstić information content (AvgIpc) is 2.93. The molecule has 2 rings (SSSR count). The Morgan fingerprint density at radius 2 is 2.12 bits per heavy atom. The number of likely N-dealkylation sites (N-methyl/N-ethyl adjacent to an activating group) is 1. The predicted octanol–water partition coefficient (Wildman–Crippen LogP) is 1.69. The molecule has 0 aliphatic carbocycles. The zero-order valence-electron chi connectivity index (χ0n) is 14.7. The monoisotopic (exact) mass is 403 g/mol. The van der Waals surface area contributed by atoms with Crippen LogP contribution in [-0.2, 0) is 24.2 Å². The molecule has 1 aromatic rings. The number of sulfone groups is 1. The lowest BCUT2D eigenvalue weighted by atomic mass is 10.2. The molecule has 0 bridgehead atoms. The Morgan fingerprint density at radius 3 is 2.69 bits per heavy atom. The van der Waals surface area contributed by atoms with Crippen molar-refractivity contribution < 1.29 is 27.5 Å². The standard InChI is InChI=1S/C17H22ClNO6S/c1-3-19(14-7-8-26(22,23)11-14)17(21)12(2)25-16(20)10-24-15-6-4-5-13(18)9-15/h4-6,9,12,14H,3,7-8,10-11H2,1-2H3/t12-,14-/m1/s1. The van der Waals surface area contributed by atoms with Crippen LogP contribution in [0.4, 0.5) is 0 Å². The van der Waals surface area contributed by atoms with Crippen molar-refractivity contribution in [2.45, 2.75) is 32.4 Å². The third-order valence-corrected chi connectivity index (χ3v) is 6.07. The van der Waals surface area contributed by atoms with Gasteiger partial charge in [-0.2, -0.15) is 0 Å². The Kier molecular flexibility index (Phi) is 6.88. The van der Waals surface area contributed by atoms with Crippen molar-refractivity contribution in [3.05, 3.63) is 29.3 Å². The highest BCUT2D eigenvalue weighted by Gasteiger charge is 2.36. The Balaban J connectivity index is 1.87. The highest BCUT2D eigenvalue weighted by Crippen LogP contribution is 2.19. The van der Waals surface area contributed by atoms with Gasteiger partial charge in [-0.05, 0) is 38.5 Å². The summed E-state index contributed by atoms with van der Waals surface area (Å²) in [7, 11) is -3.11. The largest absolute Gasteiger partial charge is 0.482 e. The van der Waals surface area contributed by atoms with Crippen LogP contribution in [0.15, 0.2) is 24.3 Å². The average molecular weight is 404 g/mol. The molecule has 0 radical (unpaired) electrons. The zero-order valence-corrected chi connectivity index (χ0v) is 16.3. The summed E-state index contributed by atoms with van der Waals surface area (Å²) in [5, 5.41) is 0.476. The number of hydrogen-bond donors (Lipinski definition) is 0. The van der Waals surface area contributed by atoms with E-state index in [9.17, 15) is 18.0 Å². The van der Waals surface area contributed by atoms with Crippen LogP contribution in [0.5, 0.6) is 5.75 Å². The number of halogens is 1. The predicted molar refractivity (Wildman–Crippen MR) is 96.9 cm³/mol. The second-order valence-corrected chi connectivity index (χ2v) is 8.72. The molecular formula is C17H22ClNO6S. The van der Waals surface area contributed by atoms with Gasteiger partial charge in [0, 0.05) is 17.6 Å². The third kappa shape index (κ3) is 5.60. The number of ether oxygens (including phenoxy) is 2. The maximum absolute atomic E-state index is 12.5. The maximum Gasteiger partial charge on any atom is 0.344 e. The van der Waals surface area contributed by atoms with Crippen LogP contribution in [-0.4, -0.2) is 62.0 Å². The first kappa shape index (κ1) is 20.5. The van der Waals surface area contributed by atoms with Gasteiger partial charge < -0.3 is 14.4 Å². The van der Waals surface area contributed by atoms with E-state index in [4.69, 9.17) is 21.1 Å². The van der Waals surface area contributed by atoms with Gasteiger partial charge in [0.2, 0.25) is 0 Å². The van der Waals surface area contributed by atoms with Gasteiger partial charge in [-0.3, -0.25) is 4.79 Å². The summed E-state index contributed by atoms with van der Waals surface area (Å²) < 4.78 is 33.7. The first-order chi connectivity index (χ1) is 12.2. The molecule has 0 unspecified atom stereocenters. The van der Waals surface area contributed by atoms with Crippen molar-refractivity contribution >= 4 is 33.3 Å². The van der Waals surface area contributed by atoms with Crippen molar-refractivity contribution in [2.24, 2.45) is 0 Å². The normalized spacial score (nSPS) is 19.6. The van der Waals surface area contributed by atoms with Gasteiger partial charge in [-0.1, -0.05) is 17.7 Å². The van der Waals surface area contributed by atoms with Crippen LogP contribution in [0.3, 0.4) is 0 Å². The highest BCUT2D eigenvalue weighted by atomic mass is 35.5. The molecule has 144 valence electrons. The van der Waals surface area contributed by atoms with Gasteiger partial charge >= 0.3 is 5.97 Å². The molecule has 2 atom stereocenters. The summed E-state index contributed by atoms with van der Waals surface area (Å²) in [6, 6.07) is 6.19. The molecule has 1 aromatic carbocycles. The van der Waals surface area contributed by atoms with E-state index in [1.807, 2.05) is 0 Å². The number of carbonyl (C=O) groups is 2. The molecule has 1 heterocycles. The molecule has 26 heavy (non-hydrogen) atoms. The fraction of sp³-hybridized carbons (Fsp3) is 0.529. The fourth-order valence-corrected chi connectivity index (χ4v) is 4.74. The van der Waals surface area contributed by atoms with Crippen LogP contribution >= 0.6 is 11.6 Å². The Hall–Kier alpha value is -1.80. The van der Waals surface area contributed by atoms with Crippen LogP contribution in [0.1, 0.15) is 20.3 Å². The molecular weight excluding hydrogens is 382 g/mol. The fourth-order valence-electron chi connectivity index (χ4n) is 2.83. The maximum atomic E-state index is 12.5. The molecule has 0 aromatic heterocycles. The van der Waals surface area contributed by atoms with Gasteiger partial charge in [-0.15, -0.1) is 0 Å². The number of amides is 1. The Bertz CT molecular complexity index is 766. The van der Waals surface area contributed by atoms with Crippen molar-refractivity contribution in [3.8, 4) is 5.75 Å². The number of nitrogens with zero attached hydrogens (tertiary/aromatic N) is 1. The number of carbonyl (C=O) groups excluding carboxylic acids is 2. The summed E-state index contributed by atoms with van der Waals surface area (Å²) in [6.45, 7) is 3.22. The van der Waals surface area contributed by atoms with Gasteiger partial charge in [0.05, 0.1) is 11.5 Å². The van der Waals surface area contributed by atoms with Crippen molar-refractivity contribution in [1.29, 1.82) is 0 Å². The van der Waals surface area contributed by atoms with Gasteiger partial charge in [-0.25, -0.2) is 13.2 Å². The Morgan fingerprint density at radius 1 is 1.38 bits per heavy atom. The minimum atomic E-state index is -3.11. The summed E-state index contributed by atoms with van der Waals surface area (Å²) in [4.78, 5) is 25.9. The number of rotatable bonds is 7. The second-order valence-electron chi connectivity index (χ2n) is 6.06. The Labute approximate surface area is 158 Å². The van der Waals surface area contributed by atoms with Crippen molar-refractivity contribution in [2.75, 3.05) is 24.7 Å². The lowest BCUT2D eigenvalue weighted by Gasteiger charge is -2.29. The number of esters is 1. The molecule has 1 fully saturated rings. The zero-order chi connectivity index (χ0) is 19.3. The molecule has 1 amide bonds. The lowest BCUT2D eigenvalue weighted by molar-refractivity contribution is -0.161. The minimum Gasteiger partial charge on any atom is -0.482 e. The quantitative estimate of drug-likeness (QED) is 0.643. The van der Waals surface area contributed by atoms with E-state index in [2.05, 4.69) is 0 Å². The van der Waals surface area contributed by atoms with Crippen LogP contribution in [0.25, 0.3) is 0 Å². The summed E-state index contributed by atoms with van der Waals surface area (Å²) in [5.41, 5.74) is 0. The highest BCUT2D eigenvalue weighted by molar-refractivity contribution is 7.91. The molecule has 1 saturated heterocycles. The molecule has 0 N–H and O–H groups in total. The first-order valence-electron chi connectivity index (χ1n) is 8.30. The number of benzene rings is 1. The van der Waals surface area contributed by atoms with Crippen LogP contribution in [0, 0.1) is 0 Å². The SMILES string of the molecule is CCN(C(=O)[C@@H](C)OC(=O)COc1cccc(Cl)c1)[C@@H]1CCS(=O)(=O)C1. The van der Waals surface area contributed by atoms with E-state index in [0.29, 0.717) is 23.7 Å². The molecule has 1 aliphatic heterocycles. The smallest absolute Gasteiger partial charge is 0.344 e. The van der Waals surface area contributed by atoms with Gasteiger partial charge in [0.25, 0.3) is 5.91 Å². The van der Waals surface area contributed by atoms with E-state index in [1.165, 1.54) is 11.8 Å². The van der Waals surface area contributed by atoms with Crippen molar-refractivity contribution in [3.63, 3.8) is 0 Å². The molecule has 0 saturated carbocycles. The third-order valence-electron chi connectivity index (χ3n) is 4.08. The second kappa shape index (κ2) is 8.73. The summed E-state index contributed by atoms with van der Waals surface area (Å²) in [6.07, 6.45) is -0.616. The van der Waals surface area contributed by atoms with E-state index < -0.39 is 27.8 Å². The summed E-state index contributed by atoms with van der Waals surface area (Å²) >= 11 is 5.83. The molecule has 7 nitrogen and oxygen atoms in total. The van der Waals surface area contributed by atoms with E-state index in [0.717, 1.165) is 0 Å². The molecule has 9 heteroatoms. The van der Waals surface area contributed by atoms with E-state index in [1.54, 1.807) is 31.2 Å². The first-order valence-corrected chi connectivity index (χ1v) is 10.5. The summed E-state index contributed by atoms with van der Waals surface area (Å²) in [5.74, 6) is -0.666. The van der Waals surface area contributed by atoms with Crippen LogP contribution in [0.2, 0.25) is 5.02 Å². The molecule has 1 aliphatic rings. The van der Waals surface area contributed by atoms with Crippen molar-refractivity contribution in [1.82, 2.24) is 4.90 Å². The van der Waals surface area contributed by atoms with Gasteiger partial charge in [0.1, 0.15) is 5.75 Å². The lowest BCUT2D eigenvalue weighted by Crippen LogP contribution is -2.46. The topological polar surface area (TPSA) is 90.0 Å².